The van der Waals surface area contributed by atoms with E-state index in [9.17, 15) is 4.79 Å². The number of hydrogen-bond acceptors (Lipinski definition) is 5. The number of hydrogen-bond donors (Lipinski definition) is 1. The summed E-state index contributed by atoms with van der Waals surface area (Å²) in [5.41, 5.74) is 3.28. The number of fused-ring (bicyclic) bond motifs is 1. The van der Waals surface area contributed by atoms with E-state index < -0.39 is 0 Å². The van der Waals surface area contributed by atoms with Crippen LogP contribution < -0.4 is 5.32 Å². The number of carbonyl (C=O) groups is 1. The number of carbonyl (C=O) groups excluding carboxylic acids is 1. The van der Waals surface area contributed by atoms with Crippen LogP contribution in [0.15, 0.2) is 48.8 Å². The van der Waals surface area contributed by atoms with Crippen LogP contribution in [0.1, 0.15) is 34.5 Å². The topological polar surface area (TPSA) is 65.8 Å². The Balaban J connectivity index is 1.14. The summed E-state index contributed by atoms with van der Waals surface area (Å²) in [4.78, 5) is 21.9. The average Bonchev–Trinajstić information content (AvgIpc) is 3.11. The van der Waals surface area contributed by atoms with Crippen LogP contribution in [0, 0.1) is 6.92 Å². The highest BCUT2D eigenvalue weighted by molar-refractivity contribution is 6.00. The highest BCUT2D eigenvalue weighted by atomic mass is 16.1. The largest absolute Gasteiger partial charge is 0.352 e. The van der Waals surface area contributed by atoms with Gasteiger partial charge in [0.25, 0.3) is 5.91 Å². The zero-order valence-electron chi connectivity index (χ0n) is 17.6. The molecule has 3 heterocycles. The summed E-state index contributed by atoms with van der Waals surface area (Å²) in [6, 6.07) is 12.5. The molecule has 0 unspecified atom stereocenters. The van der Waals surface area contributed by atoms with Crippen molar-refractivity contribution in [1.29, 1.82) is 0 Å². The lowest BCUT2D eigenvalue weighted by molar-refractivity contribution is 0.0952. The van der Waals surface area contributed by atoms with Crippen molar-refractivity contribution < 1.29 is 4.79 Å². The molecule has 1 fully saturated rings. The number of amides is 1. The van der Waals surface area contributed by atoms with Crippen molar-refractivity contribution in [3.63, 3.8) is 0 Å². The fraction of sp³-hybridized carbons (Fsp3) is 0.435. The quantitative estimate of drug-likeness (QED) is 0.582. The van der Waals surface area contributed by atoms with E-state index in [1.165, 1.54) is 5.56 Å². The summed E-state index contributed by atoms with van der Waals surface area (Å²) in [6.07, 6.45) is 5.56. The van der Waals surface area contributed by atoms with Crippen LogP contribution in [-0.4, -0.2) is 69.6 Å². The monoisotopic (exact) mass is 406 g/mol. The van der Waals surface area contributed by atoms with E-state index in [1.807, 2.05) is 19.2 Å². The second-order valence-corrected chi connectivity index (χ2v) is 7.91. The first-order chi connectivity index (χ1) is 14.7. The number of rotatable bonds is 8. The van der Waals surface area contributed by atoms with E-state index in [1.54, 1.807) is 10.7 Å². The van der Waals surface area contributed by atoms with Gasteiger partial charge in [0, 0.05) is 51.7 Å². The maximum Gasteiger partial charge on any atom is 0.257 e. The molecule has 1 saturated heterocycles. The molecular formula is C23H30N6O. The number of unbranched alkanes of at least 4 members (excludes halogenated alkanes) is 1. The molecule has 1 N–H and O–H groups in total. The van der Waals surface area contributed by atoms with Gasteiger partial charge in [0.1, 0.15) is 5.56 Å². The van der Waals surface area contributed by atoms with Crippen LogP contribution in [0.5, 0.6) is 0 Å². The lowest BCUT2D eigenvalue weighted by Crippen LogP contribution is -2.46. The molecule has 30 heavy (non-hydrogen) atoms. The molecule has 1 amide bonds. The second-order valence-electron chi connectivity index (χ2n) is 7.91. The Hall–Kier alpha value is -2.77. The first-order valence-corrected chi connectivity index (χ1v) is 10.8. The van der Waals surface area contributed by atoms with Gasteiger partial charge in [0.05, 0.1) is 5.69 Å². The van der Waals surface area contributed by atoms with Gasteiger partial charge in [-0.2, -0.15) is 5.10 Å². The Kier molecular flexibility index (Phi) is 6.71. The van der Waals surface area contributed by atoms with E-state index in [0.29, 0.717) is 23.4 Å². The van der Waals surface area contributed by atoms with Crippen molar-refractivity contribution in [3.8, 4) is 0 Å². The standard InChI is InChI=1S/C23H30N6O/c1-19-21(22-24-11-7-13-29(22)26-19)23(30)25-10-5-6-12-27-14-16-28(17-15-27)18-20-8-3-2-4-9-20/h2-4,7-9,11,13H,5-6,10,12,14-18H2,1H3,(H,25,30). The first kappa shape index (κ1) is 20.5. The Morgan fingerprint density at radius 1 is 1.03 bits per heavy atom. The summed E-state index contributed by atoms with van der Waals surface area (Å²) in [7, 11) is 0. The van der Waals surface area contributed by atoms with Gasteiger partial charge in [-0.3, -0.25) is 9.69 Å². The lowest BCUT2D eigenvalue weighted by atomic mass is 10.2. The molecule has 0 bridgehead atoms. The number of aromatic nitrogens is 3. The summed E-state index contributed by atoms with van der Waals surface area (Å²) in [6.45, 7) is 9.13. The highest BCUT2D eigenvalue weighted by Crippen LogP contribution is 2.13. The van der Waals surface area contributed by atoms with E-state index >= 15 is 0 Å². The number of piperazine rings is 1. The zero-order valence-corrected chi connectivity index (χ0v) is 17.6. The number of aryl methyl sites for hydroxylation is 1. The van der Waals surface area contributed by atoms with Gasteiger partial charge < -0.3 is 10.2 Å². The summed E-state index contributed by atoms with van der Waals surface area (Å²) in [5, 5.41) is 7.39. The van der Waals surface area contributed by atoms with Crippen LogP contribution in [0.4, 0.5) is 0 Å². The molecule has 0 spiro atoms. The Labute approximate surface area is 177 Å². The summed E-state index contributed by atoms with van der Waals surface area (Å²) in [5.74, 6) is -0.0873. The molecular weight excluding hydrogens is 376 g/mol. The molecule has 158 valence electrons. The Morgan fingerprint density at radius 2 is 1.80 bits per heavy atom. The van der Waals surface area contributed by atoms with Crippen LogP contribution in [0.2, 0.25) is 0 Å². The molecule has 4 rings (SSSR count). The van der Waals surface area contributed by atoms with E-state index in [-0.39, 0.29) is 5.91 Å². The average molecular weight is 407 g/mol. The predicted octanol–water partition coefficient (Wildman–Crippen LogP) is 2.37. The third-order valence-electron chi connectivity index (χ3n) is 5.70. The van der Waals surface area contributed by atoms with E-state index in [0.717, 1.165) is 52.1 Å². The molecule has 7 heteroatoms. The molecule has 0 atom stereocenters. The van der Waals surface area contributed by atoms with Crippen molar-refractivity contribution in [2.75, 3.05) is 39.3 Å². The Bertz CT molecular complexity index is 962. The first-order valence-electron chi connectivity index (χ1n) is 10.8. The van der Waals surface area contributed by atoms with Gasteiger partial charge in [-0.05, 0) is 37.9 Å². The van der Waals surface area contributed by atoms with Gasteiger partial charge in [-0.25, -0.2) is 9.50 Å². The summed E-state index contributed by atoms with van der Waals surface area (Å²) >= 11 is 0. The smallest absolute Gasteiger partial charge is 0.257 e. The lowest BCUT2D eigenvalue weighted by Gasteiger charge is -2.34. The van der Waals surface area contributed by atoms with Gasteiger partial charge in [-0.15, -0.1) is 0 Å². The van der Waals surface area contributed by atoms with Crippen molar-refractivity contribution in [3.05, 3.63) is 65.6 Å². The maximum atomic E-state index is 12.6. The molecule has 3 aromatic rings. The molecule has 1 aliphatic heterocycles. The van der Waals surface area contributed by atoms with E-state index in [4.69, 9.17) is 0 Å². The Morgan fingerprint density at radius 3 is 2.60 bits per heavy atom. The molecule has 0 saturated carbocycles. The van der Waals surface area contributed by atoms with Crippen molar-refractivity contribution in [2.45, 2.75) is 26.3 Å². The third-order valence-corrected chi connectivity index (χ3v) is 5.70. The minimum atomic E-state index is -0.0873. The minimum Gasteiger partial charge on any atom is -0.352 e. The predicted molar refractivity (Wildman–Crippen MR) is 117 cm³/mol. The highest BCUT2D eigenvalue weighted by Gasteiger charge is 2.18. The van der Waals surface area contributed by atoms with Crippen LogP contribution in [0.3, 0.4) is 0 Å². The van der Waals surface area contributed by atoms with Crippen LogP contribution in [-0.2, 0) is 6.54 Å². The fourth-order valence-corrected chi connectivity index (χ4v) is 4.03. The van der Waals surface area contributed by atoms with Crippen molar-refractivity contribution in [2.24, 2.45) is 0 Å². The van der Waals surface area contributed by atoms with Gasteiger partial charge in [-0.1, -0.05) is 30.3 Å². The summed E-state index contributed by atoms with van der Waals surface area (Å²) < 4.78 is 1.65. The molecule has 1 aromatic carbocycles. The maximum absolute atomic E-state index is 12.6. The fourth-order valence-electron chi connectivity index (χ4n) is 4.03. The van der Waals surface area contributed by atoms with Crippen LogP contribution in [0.25, 0.3) is 5.65 Å². The van der Waals surface area contributed by atoms with E-state index in [2.05, 4.69) is 55.5 Å². The second kappa shape index (κ2) is 9.82. The molecule has 0 radical (unpaired) electrons. The molecule has 2 aromatic heterocycles. The number of nitrogens with one attached hydrogen (secondary N) is 1. The molecule has 0 aliphatic carbocycles. The van der Waals surface area contributed by atoms with Gasteiger partial charge in [0.2, 0.25) is 0 Å². The minimum absolute atomic E-state index is 0.0873. The number of benzene rings is 1. The van der Waals surface area contributed by atoms with Crippen molar-refractivity contribution >= 4 is 11.6 Å². The number of nitrogens with zero attached hydrogens (tertiary/aromatic N) is 5. The third kappa shape index (κ3) is 5.04. The van der Waals surface area contributed by atoms with Gasteiger partial charge >= 0.3 is 0 Å². The normalized spacial score (nSPS) is 15.5. The van der Waals surface area contributed by atoms with Crippen LogP contribution >= 0.6 is 0 Å². The molecule has 7 nitrogen and oxygen atoms in total. The zero-order chi connectivity index (χ0) is 20.8. The van der Waals surface area contributed by atoms with Crippen molar-refractivity contribution in [1.82, 2.24) is 29.7 Å². The van der Waals surface area contributed by atoms with Gasteiger partial charge in [0.15, 0.2) is 5.65 Å². The molecule has 1 aliphatic rings. The SMILES string of the molecule is Cc1nn2cccnc2c1C(=O)NCCCCN1CCN(Cc2ccccc2)CC1.